The van der Waals surface area contributed by atoms with E-state index in [0.717, 1.165) is 25.7 Å². The molecule has 0 spiro atoms. The molecule has 0 aliphatic heterocycles. The van der Waals surface area contributed by atoms with Gasteiger partial charge in [-0.05, 0) is 31.2 Å². The molecule has 0 N–H and O–H groups in total. The molecule has 0 bridgehead atoms. The van der Waals surface area contributed by atoms with Crippen LogP contribution in [0, 0.1) is 16.7 Å². The predicted octanol–water partition coefficient (Wildman–Crippen LogP) is 3.48. The van der Waals surface area contributed by atoms with Gasteiger partial charge in [-0.25, -0.2) is 0 Å². The Morgan fingerprint density at radius 2 is 2.07 bits per heavy atom. The minimum atomic E-state index is -0.250. The van der Waals surface area contributed by atoms with Gasteiger partial charge in [0.15, 0.2) is 0 Å². The lowest BCUT2D eigenvalue weighted by molar-refractivity contribution is 0.427. The van der Waals surface area contributed by atoms with Crippen LogP contribution in [0.4, 0.5) is 0 Å². The van der Waals surface area contributed by atoms with E-state index in [1.165, 1.54) is 5.56 Å². The van der Waals surface area contributed by atoms with Gasteiger partial charge in [-0.1, -0.05) is 42.5 Å². The average molecular weight is 197 g/mol. The minimum Gasteiger partial charge on any atom is -0.197 e. The Bertz CT molecular complexity index is 386. The molecule has 0 aromatic heterocycles. The quantitative estimate of drug-likeness (QED) is 0.666. The normalized spacial score (nSPS) is 24.7. The van der Waals surface area contributed by atoms with Gasteiger partial charge in [-0.2, -0.15) is 5.26 Å². The molecular weight excluding hydrogens is 182 g/mol. The number of hydrogen-bond donors (Lipinski definition) is 0. The van der Waals surface area contributed by atoms with Gasteiger partial charge >= 0.3 is 0 Å². The van der Waals surface area contributed by atoms with Crippen LogP contribution in [-0.4, -0.2) is 0 Å². The van der Waals surface area contributed by atoms with E-state index in [1.807, 2.05) is 18.2 Å². The summed E-state index contributed by atoms with van der Waals surface area (Å²) in [6.45, 7) is 0. The largest absolute Gasteiger partial charge is 0.197 e. The molecule has 0 heterocycles. The van der Waals surface area contributed by atoms with Gasteiger partial charge in [-0.15, -0.1) is 0 Å². The van der Waals surface area contributed by atoms with Crippen LogP contribution in [0.1, 0.15) is 24.8 Å². The van der Waals surface area contributed by atoms with Gasteiger partial charge in [0.2, 0.25) is 0 Å². The molecule has 1 nitrogen and oxygen atoms in total. The molecule has 0 fully saturated rings. The second kappa shape index (κ2) is 4.31. The Balaban J connectivity index is 2.19. The summed E-state index contributed by atoms with van der Waals surface area (Å²) in [6, 6.07) is 12.8. The molecule has 1 heteroatoms. The SMILES string of the molecule is N#C[C@@]1(Cc2ccccc2)C=CCCC1. The number of benzene rings is 1. The molecule has 76 valence electrons. The topological polar surface area (TPSA) is 23.8 Å². The molecule has 0 saturated heterocycles. The Morgan fingerprint density at radius 3 is 2.67 bits per heavy atom. The zero-order valence-electron chi connectivity index (χ0n) is 8.82. The number of allylic oxidation sites excluding steroid dienone is 2. The molecule has 2 rings (SSSR count). The lowest BCUT2D eigenvalue weighted by Crippen LogP contribution is -2.21. The Morgan fingerprint density at radius 1 is 1.27 bits per heavy atom. The fourth-order valence-corrected chi connectivity index (χ4v) is 2.17. The van der Waals surface area contributed by atoms with Crippen molar-refractivity contribution in [1.82, 2.24) is 0 Å². The first-order chi connectivity index (χ1) is 7.35. The highest BCUT2D eigenvalue weighted by molar-refractivity contribution is 5.24. The van der Waals surface area contributed by atoms with Crippen LogP contribution in [0.5, 0.6) is 0 Å². The molecule has 1 aromatic rings. The van der Waals surface area contributed by atoms with Crippen LogP contribution in [0.2, 0.25) is 0 Å². The van der Waals surface area contributed by atoms with Gasteiger partial charge in [0.05, 0.1) is 11.5 Å². The fourth-order valence-electron chi connectivity index (χ4n) is 2.17. The highest BCUT2D eigenvalue weighted by Gasteiger charge is 2.28. The first kappa shape index (κ1) is 9.98. The van der Waals surface area contributed by atoms with Crippen molar-refractivity contribution < 1.29 is 0 Å². The number of rotatable bonds is 2. The van der Waals surface area contributed by atoms with Crippen LogP contribution in [0.3, 0.4) is 0 Å². The van der Waals surface area contributed by atoms with Gasteiger partial charge in [0.25, 0.3) is 0 Å². The van der Waals surface area contributed by atoms with E-state index in [4.69, 9.17) is 0 Å². The summed E-state index contributed by atoms with van der Waals surface area (Å²) in [5.41, 5.74) is 1.00. The van der Waals surface area contributed by atoms with E-state index in [0.29, 0.717) is 0 Å². The summed E-state index contributed by atoms with van der Waals surface area (Å²) in [4.78, 5) is 0. The molecular formula is C14H15N. The van der Waals surface area contributed by atoms with E-state index < -0.39 is 0 Å². The second-order valence-electron chi connectivity index (χ2n) is 4.22. The summed E-state index contributed by atoms with van der Waals surface area (Å²) >= 11 is 0. The summed E-state index contributed by atoms with van der Waals surface area (Å²) in [5, 5.41) is 9.30. The highest BCUT2D eigenvalue weighted by Crippen LogP contribution is 2.33. The van der Waals surface area contributed by atoms with Gasteiger partial charge in [0, 0.05) is 0 Å². The number of nitrogens with zero attached hydrogens (tertiary/aromatic N) is 1. The summed E-state index contributed by atoms with van der Waals surface area (Å²) in [7, 11) is 0. The number of hydrogen-bond acceptors (Lipinski definition) is 1. The first-order valence-electron chi connectivity index (χ1n) is 5.48. The van der Waals surface area contributed by atoms with Crippen LogP contribution < -0.4 is 0 Å². The maximum atomic E-state index is 9.30. The van der Waals surface area contributed by atoms with Crippen molar-refractivity contribution in [3.63, 3.8) is 0 Å². The lowest BCUT2D eigenvalue weighted by atomic mass is 9.76. The Hall–Kier alpha value is -1.55. The maximum absolute atomic E-state index is 9.30. The predicted molar refractivity (Wildman–Crippen MR) is 61.2 cm³/mol. The fraction of sp³-hybridized carbons (Fsp3) is 0.357. The van der Waals surface area contributed by atoms with Crippen LogP contribution in [0.25, 0.3) is 0 Å². The third-order valence-corrected chi connectivity index (χ3v) is 3.02. The van der Waals surface area contributed by atoms with Crippen LogP contribution >= 0.6 is 0 Å². The maximum Gasteiger partial charge on any atom is 0.0793 e. The van der Waals surface area contributed by atoms with Crippen LogP contribution in [-0.2, 0) is 6.42 Å². The molecule has 1 aliphatic rings. The molecule has 1 atom stereocenters. The Kier molecular flexibility index (Phi) is 2.87. The van der Waals surface area contributed by atoms with Crippen molar-refractivity contribution in [1.29, 1.82) is 5.26 Å². The minimum absolute atomic E-state index is 0.250. The van der Waals surface area contributed by atoms with E-state index in [-0.39, 0.29) is 5.41 Å². The molecule has 0 amide bonds. The third-order valence-electron chi connectivity index (χ3n) is 3.02. The van der Waals surface area contributed by atoms with Crippen molar-refractivity contribution in [2.24, 2.45) is 5.41 Å². The third kappa shape index (κ3) is 2.27. The number of nitriles is 1. The molecule has 0 saturated carbocycles. The summed E-state index contributed by atoms with van der Waals surface area (Å²) in [6.07, 6.45) is 8.35. The van der Waals surface area contributed by atoms with E-state index in [2.05, 4.69) is 30.4 Å². The van der Waals surface area contributed by atoms with Crippen LogP contribution in [0.15, 0.2) is 42.5 Å². The molecule has 0 unspecified atom stereocenters. The molecule has 0 radical (unpaired) electrons. The van der Waals surface area contributed by atoms with Crippen molar-refractivity contribution >= 4 is 0 Å². The zero-order valence-corrected chi connectivity index (χ0v) is 8.82. The summed E-state index contributed by atoms with van der Waals surface area (Å²) < 4.78 is 0. The van der Waals surface area contributed by atoms with Gasteiger partial charge < -0.3 is 0 Å². The first-order valence-corrected chi connectivity index (χ1v) is 5.48. The van der Waals surface area contributed by atoms with E-state index >= 15 is 0 Å². The van der Waals surface area contributed by atoms with Crippen molar-refractivity contribution in [2.45, 2.75) is 25.7 Å². The van der Waals surface area contributed by atoms with Crippen molar-refractivity contribution in [3.8, 4) is 6.07 Å². The molecule has 1 aromatic carbocycles. The van der Waals surface area contributed by atoms with Crippen molar-refractivity contribution in [3.05, 3.63) is 48.0 Å². The second-order valence-corrected chi connectivity index (χ2v) is 4.22. The lowest BCUT2D eigenvalue weighted by Gasteiger charge is -2.25. The smallest absolute Gasteiger partial charge is 0.0793 e. The average Bonchev–Trinajstić information content (AvgIpc) is 2.32. The molecule has 1 aliphatic carbocycles. The standard InChI is InChI=1S/C14H15N/c15-12-14(9-5-2-6-10-14)11-13-7-3-1-4-8-13/h1,3-5,7-9H,2,6,10-11H2/t14-/m0/s1. The monoisotopic (exact) mass is 197 g/mol. The van der Waals surface area contributed by atoms with E-state index in [9.17, 15) is 5.26 Å². The highest BCUT2D eigenvalue weighted by atomic mass is 14.4. The summed E-state index contributed by atoms with van der Waals surface area (Å²) in [5.74, 6) is 0. The van der Waals surface area contributed by atoms with Crippen molar-refractivity contribution in [2.75, 3.05) is 0 Å². The molecule has 15 heavy (non-hydrogen) atoms. The Labute approximate surface area is 91.0 Å². The van der Waals surface area contributed by atoms with Gasteiger partial charge in [-0.3, -0.25) is 0 Å². The van der Waals surface area contributed by atoms with E-state index in [1.54, 1.807) is 0 Å². The van der Waals surface area contributed by atoms with Gasteiger partial charge in [0.1, 0.15) is 0 Å². The zero-order chi connectivity index (χ0) is 10.6.